The van der Waals surface area contributed by atoms with Gasteiger partial charge in [-0.25, -0.2) is 4.39 Å². The zero-order valence-corrected chi connectivity index (χ0v) is 17.5. The minimum Gasteiger partial charge on any atom is -0.494 e. The van der Waals surface area contributed by atoms with Gasteiger partial charge in [-0.1, -0.05) is 25.1 Å². The van der Waals surface area contributed by atoms with Crippen LogP contribution in [0.4, 0.5) is 10.1 Å². The summed E-state index contributed by atoms with van der Waals surface area (Å²) >= 11 is 0. The maximum Gasteiger partial charge on any atom is 0.278 e. The molecule has 0 spiro atoms. The van der Waals surface area contributed by atoms with Crippen LogP contribution >= 0.6 is 0 Å². The van der Waals surface area contributed by atoms with Crippen LogP contribution in [0.5, 0.6) is 5.75 Å². The number of hydrogen-bond donors (Lipinski definition) is 1. The van der Waals surface area contributed by atoms with E-state index in [9.17, 15) is 14.0 Å². The molecule has 0 bridgehead atoms. The topological polar surface area (TPSA) is 71.5 Å². The zero-order chi connectivity index (χ0) is 22.5. The average Bonchev–Trinajstić information content (AvgIpc) is 3.04. The summed E-state index contributed by atoms with van der Waals surface area (Å²) in [5.41, 5.74) is 2.07. The highest BCUT2D eigenvalue weighted by molar-refractivity contribution is 6.36. The second kappa shape index (κ2) is 9.43. The Morgan fingerprint density at radius 1 is 0.969 bits per heavy atom. The van der Waals surface area contributed by atoms with Gasteiger partial charge >= 0.3 is 0 Å². The number of hydrogen-bond acceptors (Lipinski definition) is 5. The molecule has 1 aromatic heterocycles. The summed E-state index contributed by atoms with van der Waals surface area (Å²) in [5, 5.41) is 3.01. The van der Waals surface area contributed by atoms with Gasteiger partial charge < -0.3 is 10.1 Å². The Labute approximate surface area is 185 Å². The van der Waals surface area contributed by atoms with Crippen molar-refractivity contribution in [2.45, 2.75) is 19.9 Å². The molecule has 2 aromatic carbocycles. The van der Waals surface area contributed by atoms with E-state index in [4.69, 9.17) is 4.74 Å². The highest BCUT2D eigenvalue weighted by Gasteiger charge is 2.39. The Morgan fingerprint density at radius 2 is 1.72 bits per heavy atom. The summed E-state index contributed by atoms with van der Waals surface area (Å²) in [6, 6.07) is 18.0. The van der Waals surface area contributed by atoms with E-state index in [0.717, 1.165) is 11.3 Å². The van der Waals surface area contributed by atoms with E-state index in [0.29, 0.717) is 29.3 Å². The fourth-order valence-corrected chi connectivity index (χ4v) is 3.37. The quantitative estimate of drug-likeness (QED) is 0.535. The van der Waals surface area contributed by atoms with Gasteiger partial charge in [0.05, 0.1) is 24.4 Å². The van der Waals surface area contributed by atoms with Gasteiger partial charge in [-0.15, -0.1) is 0 Å². The lowest BCUT2D eigenvalue weighted by atomic mass is 10.0. The highest BCUT2D eigenvalue weighted by Crippen LogP contribution is 2.32. The molecule has 6 nitrogen and oxygen atoms in total. The van der Waals surface area contributed by atoms with Gasteiger partial charge in [-0.05, 0) is 60.5 Å². The second-order valence-electron chi connectivity index (χ2n) is 7.27. The SMILES string of the molecule is CCCOc1ccc(C2=C(Nc3ccc(F)cc3)C(=O)N(Cc3ccccn3)C2=O)cc1. The van der Waals surface area contributed by atoms with Crippen molar-refractivity contribution in [2.75, 3.05) is 11.9 Å². The number of rotatable bonds is 8. The third kappa shape index (κ3) is 4.51. The molecule has 2 heterocycles. The van der Waals surface area contributed by atoms with Crippen LogP contribution in [-0.2, 0) is 16.1 Å². The van der Waals surface area contributed by atoms with Crippen molar-refractivity contribution in [3.05, 3.63) is 95.7 Å². The van der Waals surface area contributed by atoms with Crippen molar-refractivity contribution in [3.63, 3.8) is 0 Å². The number of ether oxygens (including phenoxy) is 1. The molecule has 162 valence electrons. The molecule has 7 heteroatoms. The van der Waals surface area contributed by atoms with Crippen molar-refractivity contribution in [3.8, 4) is 5.75 Å². The van der Waals surface area contributed by atoms with E-state index >= 15 is 0 Å². The number of anilines is 1. The number of nitrogens with zero attached hydrogens (tertiary/aromatic N) is 2. The fraction of sp³-hybridized carbons (Fsp3) is 0.160. The van der Waals surface area contributed by atoms with Crippen LogP contribution < -0.4 is 10.1 Å². The summed E-state index contributed by atoms with van der Waals surface area (Å²) in [6.07, 6.45) is 2.50. The number of amides is 2. The molecule has 0 saturated heterocycles. The van der Waals surface area contributed by atoms with Crippen molar-refractivity contribution in [2.24, 2.45) is 0 Å². The van der Waals surface area contributed by atoms with Gasteiger partial charge in [-0.3, -0.25) is 19.5 Å². The number of nitrogens with one attached hydrogen (secondary N) is 1. The smallest absolute Gasteiger partial charge is 0.278 e. The van der Waals surface area contributed by atoms with E-state index in [1.54, 1.807) is 48.7 Å². The molecule has 0 radical (unpaired) electrons. The lowest BCUT2D eigenvalue weighted by Crippen LogP contribution is -2.32. The Balaban J connectivity index is 1.69. The summed E-state index contributed by atoms with van der Waals surface area (Å²) in [7, 11) is 0. The number of carbonyl (C=O) groups is 2. The number of halogens is 1. The molecule has 32 heavy (non-hydrogen) atoms. The van der Waals surface area contributed by atoms with Gasteiger partial charge in [0.25, 0.3) is 11.8 Å². The van der Waals surface area contributed by atoms with Gasteiger partial charge in [-0.2, -0.15) is 0 Å². The predicted octanol–water partition coefficient (Wildman–Crippen LogP) is 4.40. The maximum atomic E-state index is 13.3. The lowest BCUT2D eigenvalue weighted by molar-refractivity contribution is -0.137. The molecule has 2 amide bonds. The molecule has 0 fully saturated rings. The molecule has 1 aliphatic rings. The minimum absolute atomic E-state index is 0.0499. The third-order valence-corrected chi connectivity index (χ3v) is 4.94. The fourth-order valence-electron chi connectivity index (χ4n) is 3.37. The van der Waals surface area contributed by atoms with E-state index in [2.05, 4.69) is 10.3 Å². The average molecular weight is 431 g/mol. The first-order valence-electron chi connectivity index (χ1n) is 10.3. The van der Waals surface area contributed by atoms with Crippen molar-refractivity contribution < 1.29 is 18.7 Å². The maximum absolute atomic E-state index is 13.3. The molecular formula is C25H22FN3O3. The highest BCUT2D eigenvalue weighted by atomic mass is 19.1. The van der Waals surface area contributed by atoms with E-state index < -0.39 is 17.6 Å². The molecule has 1 N–H and O–H groups in total. The van der Waals surface area contributed by atoms with Crippen LogP contribution in [0.15, 0.2) is 78.6 Å². The van der Waals surface area contributed by atoms with Gasteiger partial charge in [0, 0.05) is 11.9 Å². The standard InChI is InChI=1S/C25H22FN3O3/c1-2-15-32-21-12-6-17(7-13-21)22-23(28-19-10-8-18(26)9-11-19)25(31)29(24(22)30)16-20-5-3-4-14-27-20/h3-14,28H,2,15-16H2,1H3. The molecule has 0 aliphatic carbocycles. The van der Waals surface area contributed by atoms with E-state index in [-0.39, 0.29) is 17.8 Å². The van der Waals surface area contributed by atoms with Crippen molar-refractivity contribution in [1.29, 1.82) is 0 Å². The predicted molar refractivity (Wildman–Crippen MR) is 119 cm³/mol. The molecule has 0 atom stereocenters. The van der Waals surface area contributed by atoms with Crippen LogP contribution in [0.1, 0.15) is 24.6 Å². The van der Waals surface area contributed by atoms with Crippen LogP contribution in [0.3, 0.4) is 0 Å². The first-order valence-corrected chi connectivity index (χ1v) is 10.3. The van der Waals surface area contributed by atoms with Gasteiger partial charge in [0.1, 0.15) is 17.3 Å². The lowest BCUT2D eigenvalue weighted by Gasteiger charge is -2.14. The van der Waals surface area contributed by atoms with Crippen LogP contribution in [0, 0.1) is 5.82 Å². The molecule has 0 saturated carbocycles. The second-order valence-corrected chi connectivity index (χ2v) is 7.27. The number of imide groups is 1. The summed E-state index contributed by atoms with van der Waals surface area (Å²) in [5.74, 6) is -0.594. The summed E-state index contributed by atoms with van der Waals surface area (Å²) in [4.78, 5) is 31.9. The van der Waals surface area contributed by atoms with E-state index in [1.165, 1.54) is 24.3 Å². The van der Waals surface area contributed by atoms with Gasteiger partial charge in [0.15, 0.2) is 0 Å². The Morgan fingerprint density at radius 3 is 2.38 bits per heavy atom. The monoisotopic (exact) mass is 431 g/mol. The Bertz CT molecular complexity index is 1140. The molecule has 0 unspecified atom stereocenters. The number of carbonyl (C=O) groups excluding carboxylic acids is 2. The summed E-state index contributed by atoms with van der Waals surface area (Å²) in [6.45, 7) is 2.66. The van der Waals surface area contributed by atoms with E-state index in [1.807, 2.05) is 6.92 Å². The summed E-state index contributed by atoms with van der Waals surface area (Å²) < 4.78 is 18.9. The number of pyridine rings is 1. The zero-order valence-electron chi connectivity index (χ0n) is 17.5. The number of aromatic nitrogens is 1. The first-order chi connectivity index (χ1) is 15.6. The van der Waals surface area contributed by atoms with Gasteiger partial charge in [0.2, 0.25) is 0 Å². The van der Waals surface area contributed by atoms with Crippen LogP contribution in [-0.4, -0.2) is 28.3 Å². The molecule has 1 aliphatic heterocycles. The minimum atomic E-state index is -0.466. The Kier molecular flexibility index (Phi) is 6.26. The molecule has 3 aromatic rings. The normalized spacial score (nSPS) is 13.6. The molecule has 4 rings (SSSR count). The van der Waals surface area contributed by atoms with Crippen molar-refractivity contribution >= 4 is 23.1 Å². The first kappa shape index (κ1) is 21.2. The van der Waals surface area contributed by atoms with Crippen molar-refractivity contribution in [1.82, 2.24) is 9.88 Å². The Hall–Kier alpha value is -4.00. The van der Waals surface area contributed by atoms with Crippen LogP contribution in [0.2, 0.25) is 0 Å². The number of benzene rings is 2. The molecular weight excluding hydrogens is 409 g/mol. The third-order valence-electron chi connectivity index (χ3n) is 4.94. The largest absolute Gasteiger partial charge is 0.494 e. The van der Waals surface area contributed by atoms with Crippen LogP contribution in [0.25, 0.3) is 5.57 Å².